The molecule has 1 atom stereocenters. The highest BCUT2D eigenvalue weighted by molar-refractivity contribution is 5.98. The van der Waals surface area contributed by atoms with Crippen LogP contribution in [0.5, 0.6) is 0 Å². The summed E-state index contributed by atoms with van der Waals surface area (Å²) in [6, 6.07) is 4.77. The average Bonchev–Trinajstić information content (AvgIpc) is 3.10. The molecule has 1 aromatic carbocycles. The Morgan fingerprint density at radius 3 is 2.72 bits per heavy atom. The van der Waals surface area contributed by atoms with Gasteiger partial charge in [-0.05, 0) is 50.2 Å². The molecule has 1 unspecified atom stereocenters. The minimum Gasteiger partial charge on any atom is -0.390 e. The van der Waals surface area contributed by atoms with Crippen LogP contribution in [0.3, 0.4) is 0 Å². The Bertz CT molecular complexity index is 713. The van der Waals surface area contributed by atoms with Crippen molar-refractivity contribution in [2.75, 3.05) is 19.6 Å². The van der Waals surface area contributed by atoms with E-state index in [1.54, 1.807) is 23.1 Å². The monoisotopic (exact) mass is 349 g/mol. The maximum absolute atomic E-state index is 13.8. The maximum Gasteiger partial charge on any atom is 0.169 e. The van der Waals surface area contributed by atoms with Gasteiger partial charge in [0.05, 0.1) is 18.2 Å². The second-order valence-electron chi connectivity index (χ2n) is 6.45. The summed E-state index contributed by atoms with van der Waals surface area (Å²) >= 11 is 0. The molecule has 25 heavy (non-hydrogen) atoms. The van der Waals surface area contributed by atoms with Crippen LogP contribution in [-0.2, 0) is 6.54 Å². The fraction of sp³-hybridized carbons (Fsp3) is 0.444. The Morgan fingerprint density at radius 1 is 1.28 bits per heavy atom. The van der Waals surface area contributed by atoms with Crippen LogP contribution in [0.25, 0.3) is 0 Å². The van der Waals surface area contributed by atoms with Crippen molar-refractivity contribution >= 4 is 5.78 Å². The third kappa shape index (κ3) is 4.49. The Hall–Kier alpha value is -2.12. The van der Waals surface area contributed by atoms with Crippen molar-refractivity contribution in [2.24, 2.45) is 5.92 Å². The number of hydrogen-bond acceptors (Lipinski definition) is 4. The van der Waals surface area contributed by atoms with Crippen LogP contribution in [0.4, 0.5) is 8.78 Å². The Balaban J connectivity index is 1.51. The van der Waals surface area contributed by atoms with Gasteiger partial charge in [0.25, 0.3) is 0 Å². The van der Waals surface area contributed by atoms with Gasteiger partial charge in [-0.1, -0.05) is 0 Å². The van der Waals surface area contributed by atoms with Crippen molar-refractivity contribution in [3.63, 3.8) is 0 Å². The van der Waals surface area contributed by atoms with Crippen molar-refractivity contribution in [3.05, 3.63) is 53.9 Å². The minimum atomic E-state index is -0.677. The molecule has 1 aliphatic rings. The quantitative estimate of drug-likeness (QED) is 0.812. The van der Waals surface area contributed by atoms with Crippen molar-refractivity contribution in [1.82, 2.24) is 14.7 Å². The van der Waals surface area contributed by atoms with Gasteiger partial charge in [0.15, 0.2) is 5.78 Å². The molecule has 0 radical (unpaired) electrons. The normalized spacial score (nSPS) is 17.6. The highest BCUT2D eigenvalue weighted by Gasteiger charge is 2.28. The molecule has 0 bridgehead atoms. The summed E-state index contributed by atoms with van der Waals surface area (Å²) in [4.78, 5) is 14.5. The van der Waals surface area contributed by atoms with Crippen LogP contribution in [0, 0.1) is 17.6 Å². The van der Waals surface area contributed by atoms with Gasteiger partial charge in [0.1, 0.15) is 11.6 Å². The van der Waals surface area contributed by atoms with Crippen LogP contribution < -0.4 is 0 Å². The van der Waals surface area contributed by atoms with Gasteiger partial charge >= 0.3 is 0 Å². The molecule has 1 N–H and O–H groups in total. The van der Waals surface area contributed by atoms with E-state index in [2.05, 4.69) is 10.00 Å². The average molecular weight is 349 g/mol. The summed E-state index contributed by atoms with van der Waals surface area (Å²) in [6.07, 6.45) is 4.05. The topological polar surface area (TPSA) is 58.4 Å². The van der Waals surface area contributed by atoms with Gasteiger partial charge in [0.2, 0.25) is 0 Å². The highest BCUT2D eigenvalue weighted by atomic mass is 19.1. The number of ketones is 1. The zero-order valence-corrected chi connectivity index (χ0v) is 13.8. The number of aliphatic hydroxyl groups excluding tert-OH is 1. The molecule has 1 saturated heterocycles. The molecule has 0 aliphatic carbocycles. The van der Waals surface area contributed by atoms with Crippen LogP contribution in [0.2, 0.25) is 0 Å². The number of likely N-dealkylation sites (tertiary alicyclic amines) is 1. The smallest absolute Gasteiger partial charge is 0.169 e. The summed E-state index contributed by atoms with van der Waals surface area (Å²) < 4.78 is 28.7. The number of β-amino-alcohol motifs (C(OH)–C–C–N with tert-alkyl or cyclic N) is 1. The predicted octanol–water partition coefficient (Wildman–Crippen LogP) is 2.12. The number of carbonyl (C=O) groups excluding carboxylic acids is 1. The number of piperidine rings is 1. The Kier molecular flexibility index (Phi) is 5.55. The van der Waals surface area contributed by atoms with Gasteiger partial charge in [-0.2, -0.15) is 5.10 Å². The molecule has 1 fully saturated rings. The van der Waals surface area contributed by atoms with Crippen LogP contribution in [-0.4, -0.2) is 51.3 Å². The van der Waals surface area contributed by atoms with E-state index >= 15 is 0 Å². The number of aliphatic hydroxyl groups is 1. The summed E-state index contributed by atoms with van der Waals surface area (Å²) in [5, 5.41) is 14.2. The summed E-state index contributed by atoms with van der Waals surface area (Å²) in [5.74, 6) is -1.93. The number of benzene rings is 1. The van der Waals surface area contributed by atoms with E-state index in [1.807, 2.05) is 0 Å². The lowest BCUT2D eigenvalue weighted by atomic mass is 9.88. The van der Waals surface area contributed by atoms with Crippen LogP contribution in [0.1, 0.15) is 23.2 Å². The molecule has 134 valence electrons. The Morgan fingerprint density at radius 2 is 2.04 bits per heavy atom. The maximum atomic E-state index is 13.8. The number of carbonyl (C=O) groups is 1. The summed E-state index contributed by atoms with van der Waals surface area (Å²) in [7, 11) is 0. The van der Waals surface area contributed by atoms with Gasteiger partial charge in [-0.15, -0.1) is 0 Å². The van der Waals surface area contributed by atoms with Crippen LogP contribution >= 0.6 is 0 Å². The molecule has 2 heterocycles. The lowest BCUT2D eigenvalue weighted by Crippen LogP contribution is -2.41. The first-order valence-corrected chi connectivity index (χ1v) is 8.40. The molecule has 0 saturated carbocycles. The van der Waals surface area contributed by atoms with Gasteiger partial charge in [-0.3, -0.25) is 9.48 Å². The first kappa shape index (κ1) is 17.7. The van der Waals surface area contributed by atoms with Gasteiger partial charge in [0, 0.05) is 24.9 Å². The fourth-order valence-electron chi connectivity index (χ4n) is 3.26. The first-order valence-electron chi connectivity index (χ1n) is 8.40. The van der Waals surface area contributed by atoms with Gasteiger partial charge < -0.3 is 10.0 Å². The van der Waals surface area contributed by atoms with E-state index < -0.39 is 17.7 Å². The van der Waals surface area contributed by atoms with E-state index in [9.17, 15) is 18.7 Å². The molecule has 7 heteroatoms. The molecule has 2 aromatic rings. The lowest BCUT2D eigenvalue weighted by molar-refractivity contribution is 0.0666. The second-order valence-corrected chi connectivity index (χ2v) is 6.45. The molecule has 3 rings (SSSR count). The largest absolute Gasteiger partial charge is 0.390 e. The number of Topliss-reactive ketones (excluding diaryl/α,β-unsaturated/α-hetero) is 1. The standard InChI is InChI=1S/C18H21F2N3O2/c19-14-2-3-17(20)16(10-14)18(25)13-4-8-22(9-5-13)11-15(24)12-23-7-1-6-21-23/h1-3,6-7,10,13,15,24H,4-5,8-9,11-12H2. The van der Waals surface area contributed by atoms with E-state index in [0.717, 1.165) is 18.2 Å². The van der Waals surface area contributed by atoms with Crippen molar-refractivity contribution < 1.29 is 18.7 Å². The predicted molar refractivity (Wildman–Crippen MR) is 88.1 cm³/mol. The van der Waals surface area contributed by atoms with E-state index in [1.165, 1.54) is 0 Å². The van der Waals surface area contributed by atoms with Crippen molar-refractivity contribution in [2.45, 2.75) is 25.5 Å². The molecule has 1 aromatic heterocycles. The summed E-state index contributed by atoms with van der Waals surface area (Å²) in [5.41, 5.74) is -0.169. The first-order chi connectivity index (χ1) is 12.0. The number of nitrogens with zero attached hydrogens (tertiary/aromatic N) is 3. The third-order valence-corrected chi connectivity index (χ3v) is 4.58. The molecule has 0 spiro atoms. The fourth-order valence-corrected chi connectivity index (χ4v) is 3.26. The zero-order valence-electron chi connectivity index (χ0n) is 13.8. The second kappa shape index (κ2) is 7.84. The zero-order chi connectivity index (χ0) is 17.8. The Labute approximate surface area is 144 Å². The molecular formula is C18H21F2N3O2. The molecule has 0 amide bonds. The minimum absolute atomic E-state index is 0.169. The van der Waals surface area contributed by atoms with Crippen molar-refractivity contribution in [3.8, 4) is 0 Å². The number of halogens is 2. The number of rotatable bonds is 6. The SMILES string of the molecule is O=C(c1cc(F)ccc1F)C1CCN(CC(O)Cn2cccn2)CC1. The van der Waals surface area contributed by atoms with E-state index in [-0.39, 0.29) is 17.3 Å². The number of aromatic nitrogens is 2. The van der Waals surface area contributed by atoms with E-state index in [0.29, 0.717) is 39.0 Å². The molecular weight excluding hydrogens is 328 g/mol. The van der Waals surface area contributed by atoms with Gasteiger partial charge in [-0.25, -0.2) is 8.78 Å². The van der Waals surface area contributed by atoms with E-state index in [4.69, 9.17) is 0 Å². The number of hydrogen-bond donors (Lipinski definition) is 1. The van der Waals surface area contributed by atoms with Crippen LogP contribution in [0.15, 0.2) is 36.7 Å². The highest BCUT2D eigenvalue weighted by Crippen LogP contribution is 2.23. The van der Waals surface area contributed by atoms with Crippen molar-refractivity contribution in [1.29, 1.82) is 0 Å². The molecule has 5 nitrogen and oxygen atoms in total. The third-order valence-electron chi connectivity index (χ3n) is 4.58. The summed E-state index contributed by atoms with van der Waals surface area (Å²) in [6.45, 7) is 2.20. The molecule has 1 aliphatic heterocycles. The lowest BCUT2D eigenvalue weighted by Gasteiger charge is -2.32.